The second-order valence-electron chi connectivity index (χ2n) is 3.80. The fraction of sp³-hybridized carbons (Fsp3) is 0.700. The lowest BCUT2D eigenvalue weighted by Crippen LogP contribution is -2.28. The average molecular weight is 197 g/mol. The summed E-state index contributed by atoms with van der Waals surface area (Å²) in [6, 6.07) is 0. The highest BCUT2D eigenvalue weighted by Gasteiger charge is 2.10. The van der Waals surface area contributed by atoms with Gasteiger partial charge in [-0.2, -0.15) is 0 Å². The fourth-order valence-corrected chi connectivity index (χ4v) is 1.50. The van der Waals surface area contributed by atoms with Crippen LogP contribution in [0.2, 0.25) is 0 Å². The normalized spacial score (nSPS) is 13.5. The maximum atomic E-state index is 9.62. The Hall–Kier alpha value is -0.870. The molecule has 0 aliphatic rings. The largest absolute Gasteiger partial charge is 0.390 e. The third-order valence-electron chi connectivity index (χ3n) is 2.11. The number of imidazole rings is 1. The van der Waals surface area contributed by atoms with Crippen molar-refractivity contribution < 1.29 is 5.11 Å². The van der Waals surface area contributed by atoms with Gasteiger partial charge in [-0.05, 0) is 7.05 Å². The zero-order valence-electron chi connectivity index (χ0n) is 9.07. The minimum atomic E-state index is -0.355. The quantitative estimate of drug-likeness (QED) is 0.726. The number of likely N-dealkylation sites (N-methyl/N-ethyl adjacent to an activating group) is 1. The summed E-state index contributed by atoms with van der Waals surface area (Å²) in [4.78, 5) is 4.26. The molecule has 1 atom stereocenters. The van der Waals surface area contributed by atoms with Gasteiger partial charge in [0, 0.05) is 24.9 Å². The lowest BCUT2D eigenvalue weighted by Gasteiger charge is -2.14. The van der Waals surface area contributed by atoms with Gasteiger partial charge in [-0.15, -0.1) is 0 Å². The molecule has 14 heavy (non-hydrogen) atoms. The van der Waals surface area contributed by atoms with Gasteiger partial charge in [-0.3, -0.25) is 0 Å². The number of nitrogens with zero attached hydrogens (tertiary/aromatic N) is 2. The molecule has 4 nitrogen and oxygen atoms in total. The van der Waals surface area contributed by atoms with Gasteiger partial charge < -0.3 is 15.0 Å². The topological polar surface area (TPSA) is 50.1 Å². The molecule has 0 aromatic carbocycles. The summed E-state index contributed by atoms with van der Waals surface area (Å²) in [6.07, 6.45) is 3.34. The third kappa shape index (κ3) is 2.82. The molecule has 1 unspecified atom stereocenters. The van der Waals surface area contributed by atoms with Crippen LogP contribution in [0.5, 0.6) is 0 Å². The number of aliphatic hydroxyl groups is 1. The number of hydrogen-bond acceptors (Lipinski definition) is 3. The predicted molar refractivity (Wildman–Crippen MR) is 56.2 cm³/mol. The number of nitrogens with one attached hydrogen (secondary N) is 1. The molecule has 0 bridgehead atoms. The van der Waals surface area contributed by atoms with E-state index < -0.39 is 0 Å². The van der Waals surface area contributed by atoms with Crippen LogP contribution in [0, 0.1) is 0 Å². The predicted octanol–water partition coefficient (Wildman–Crippen LogP) is 0.587. The van der Waals surface area contributed by atoms with Crippen LogP contribution < -0.4 is 5.32 Å². The van der Waals surface area contributed by atoms with E-state index in [9.17, 15) is 5.11 Å². The van der Waals surface area contributed by atoms with E-state index in [1.54, 1.807) is 6.20 Å². The van der Waals surface area contributed by atoms with Crippen molar-refractivity contribution in [3.8, 4) is 0 Å². The van der Waals surface area contributed by atoms with E-state index in [-0.39, 0.29) is 6.10 Å². The van der Waals surface area contributed by atoms with E-state index in [0.717, 1.165) is 5.82 Å². The number of hydrogen-bond donors (Lipinski definition) is 2. The summed E-state index contributed by atoms with van der Waals surface area (Å²) >= 11 is 0. The Bertz CT molecular complexity index is 270. The molecule has 2 N–H and O–H groups in total. The minimum Gasteiger partial charge on any atom is -0.390 e. The lowest BCUT2D eigenvalue weighted by molar-refractivity contribution is 0.152. The van der Waals surface area contributed by atoms with Gasteiger partial charge in [-0.1, -0.05) is 13.8 Å². The average Bonchev–Trinajstić information content (AvgIpc) is 2.52. The Morgan fingerprint density at radius 2 is 2.29 bits per heavy atom. The van der Waals surface area contributed by atoms with Crippen molar-refractivity contribution in [1.82, 2.24) is 14.9 Å². The smallest absolute Gasteiger partial charge is 0.111 e. The maximum absolute atomic E-state index is 9.62. The van der Waals surface area contributed by atoms with E-state index in [1.165, 1.54) is 0 Å². The molecule has 80 valence electrons. The second-order valence-corrected chi connectivity index (χ2v) is 3.80. The number of aliphatic hydroxyl groups excluding tert-OH is 1. The molecule has 0 aliphatic heterocycles. The van der Waals surface area contributed by atoms with E-state index >= 15 is 0 Å². The summed E-state index contributed by atoms with van der Waals surface area (Å²) in [5.41, 5.74) is 0. The molecule has 0 aliphatic carbocycles. The fourth-order valence-electron chi connectivity index (χ4n) is 1.50. The van der Waals surface area contributed by atoms with Crippen LogP contribution in [-0.2, 0) is 6.54 Å². The molecule has 1 aromatic rings. The lowest BCUT2D eigenvalue weighted by atomic mass is 10.2. The van der Waals surface area contributed by atoms with Crippen molar-refractivity contribution in [1.29, 1.82) is 0 Å². The van der Waals surface area contributed by atoms with Gasteiger partial charge in [0.2, 0.25) is 0 Å². The maximum Gasteiger partial charge on any atom is 0.111 e. The number of aromatic nitrogens is 2. The van der Waals surface area contributed by atoms with Gasteiger partial charge in [0.05, 0.1) is 12.6 Å². The van der Waals surface area contributed by atoms with Crippen molar-refractivity contribution in [3.63, 3.8) is 0 Å². The molecule has 0 amide bonds. The van der Waals surface area contributed by atoms with Crippen molar-refractivity contribution in [2.24, 2.45) is 0 Å². The van der Waals surface area contributed by atoms with Crippen LogP contribution in [0.4, 0.5) is 0 Å². The van der Waals surface area contributed by atoms with E-state index in [0.29, 0.717) is 19.0 Å². The highest BCUT2D eigenvalue weighted by Crippen LogP contribution is 2.11. The van der Waals surface area contributed by atoms with E-state index in [4.69, 9.17) is 0 Å². The highest BCUT2D eigenvalue weighted by atomic mass is 16.3. The first-order chi connectivity index (χ1) is 6.65. The third-order valence-corrected chi connectivity index (χ3v) is 2.11. The highest BCUT2D eigenvalue weighted by molar-refractivity contribution is 4.97. The second kappa shape index (κ2) is 5.12. The standard InChI is InChI=1S/C10H19N3O/c1-8(2)10-12-4-5-13(10)7-9(14)6-11-3/h4-5,8-9,11,14H,6-7H2,1-3H3. The molecule has 1 rings (SSSR count). The first-order valence-electron chi connectivity index (χ1n) is 4.98. The molecule has 0 saturated carbocycles. The van der Waals surface area contributed by atoms with Crippen molar-refractivity contribution >= 4 is 0 Å². The van der Waals surface area contributed by atoms with Crippen LogP contribution in [0.15, 0.2) is 12.4 Å². The van der Waals surface area contributed by atoms with Gasteiger partial charge in [-0.25, -0.2) is 4.98 Å². The Morgan fingerprint density at radius 1 is 1.57 bits per heavy atom. The Balaban J connectivity index is 2.61. The molecule has 4 heteroatoms. The summed E-state index contributed by atoms with van der Waals surface area (Å²) in [7, 11) is 1.83. The first kappa shape index (κ1) is 11.2. The zero-order chi connectivity index (χ0) is 10.6. The SMILES string of the molecule is CNCC(O)Cn1ccnc1C(C)C. The Labute approximate surface area is 85.0 Å². The zero-order valence-corrected chi connectivity index (χ0v) is 9.07. The molecular weight excluding hydrogens is 178 g/mol. The summed E-state index contributed by atoms with van der Waals surface area (Å²) in [6.45, 7) is 5.41. The monoisotopic (exact) mass is 197 g/mol. The molecule has 0 saturated heterocycles. The number of rotatable bonds is 5. The first-order valence-corrected chi connectivity index (χ1v) is 4.98. The Kier molecular flexibility index (Phi) is 4.10. The van der Waals surface area contributed by atoms with E-state index in [2.05, 4.69) is 24.1 Å². The van der Waals surface area contributed by atoms with Gasteiger partial charge in [0.15, 0.2) is 0 Å². The van der Waals surface area contributed by atoms with Crippen molar-refractivity contribution in [2.45, 2.75) is 32.4 Å². The van der Waals surface area contributed by atoms with Crippen LogP contribution in [-0.4, -0.2) is 34.4 Å². The van der Waals surface area contributed by atoms with Crippen LogP contribution in [0.3, 0.4) is 0 Å². The molecule has 0 radical (unpaired) electrons. The van der Waals surface area contributed by atoms with Crippen LogP contribution in [0.1, 0.15) is 25.6 Å². The van der Waals surface area contributed by atoms with Crippen molar-refractivity contribution in [2.75, 3.05) is 13.6 Å². The minimum absolute atomic E-state index is 0.355. The molecule has 0 fully saturated rings. The van der Waals surface area contributed by atoms with Crippen molar-refractivity contribution in [3.05, 3.63) is 18.2 Å². The van der Waals surface area contributed by atoms with Gasteiger partial charge in [0.25, 0.3) is 0 Å². The Morgan fingerprint density at radius 3 is 2.86 bits per heavy atom. The summed E-state index contributed by atoms with van der Waals surface area (Å²) < 4.78 is 2.01. The summed E-state index contributed by atoms with van der Waals surface area (Å²) in [5.74, 6) is 1.42. The van der Waals surface area contributed by atoms with Crippen LogP contribution >= 0.6 is 0 Å². The molecule has 0 spiro atoms. The molecule has 1 aromatic heterocycles. The van der Waals surface area contributed by atoms with Gasteiger partial charge >= 0.3 is 0 Å². The molecule has 1 heterocycles. The molecular formula is C10H19N3O. The summed E-state index contributed by atoms with van der Waals surface area (Å²) in [5, 5.41) is 12.6. The van der Waals surface area contributed by atoms with Crippen LogP contribution in [0.25, 0.3) is 0 Å². The van der Waals surface area contributed by atoms with E-state index in [1.807, 2.05) is 17.8 Å². The van der Waals surface area contributed by atoms with Gasteiger partial charge in [0.1, 0.15) is 5.82 Å².